The molecule has 0 atom stereocenters. The Morgan fingerprint density at radius 3 is 2.75 bits per heavy atom. The number of methoxy groups -OCH3 is 2. The third-order valence-corrected chi connectivity index (χ3v) is 2.78. The van der Waals surface area contributed by atoms with Crippen molar-refractivity contribution in [3.63, 3.8) is 0 Å². The number of rotatable bonds is 5. The number of para-hydroxylation sites is 1. The maximum absolute atomic E-state index is 11.9. The van der Waals surface area contributed by atoms with Gasteiger partial charge >= 0.3 is 0 Å². The van der Waals surface area contributed by atoms with Crippen molar-refractivity contribution >= 4 is 5.91 Å². The third-order valence-electron chi connectivity index (χ3n) is 2.78. The van der Waals surface area contributed by atoms with Crippen LogP contribution in [0.5, 0.6) is 11.5 Å². The second-order valence-electron chi connectivity index (χ2n) is 4.16. The predicted molar refractivity (Wildman–Crippen MR) is 72.0 cm³/mol. The fourth-order valence-corrected chi connectivity index (χ4v) is 1.83. The van der Waals surface area contributed by atoms with Crippen molar-refractivity contribution in [2.75, 3.05) is 14.2 Å². The number of carbonyl (C=O) groups is 1. The van der Waals surface area contributed by atoms with Gasteiger partial charge in [-0.2, -0.15) is 0 Å². The van der Waals surface area contributed by atoms with Crippen LogP contribution in [0.25, 0.3) is 0 Å². The smallest absolute Gasteiger partial charge is 0.273 e. The Morgan fingerprint density at radius 1 is 1.35 bits per heavy atom. The highest BCUT2D eigenvalue weighted by molar-refractivity contribution is 5.92. The summed E-state index contributed by atoms with van der Waals surface area (Å²) < 4.78 is 15.4. The average molecular weight is 276 g/mol. The van der Waals surface area contributed by atoms with Crippen LogP contribution in [0.15, 0.2) is 28.8 Å². The number of hydrogen-bond acceptors (Lipinski definition) is 5. The minimum atomic E-state index is -0.299. The molecule has 0 radical (unpaired) electrons. The summed E-state index contributed by atoms with van der Waals surface area (Å²) in [4.78, 5) is 11.9. The number of amides is 1. The lowest BCUT2D eigenvalue weighted by atomic mass is 10.2. The van der Waals surface area contributed by atoms with Gasteiger partial charge in [0.1, 0.15) is 5.76 Å². The first-order valence-electron chi connectivity index (χ1n) is 6.07. The summed E-state index contributed by atoms with van der Waals surface area (Å²) in [6.07, 6.45) is 0. The molecule has 1 amide bonds. The molecule has 0 saturated heterocycles. The molecular formula is C14H16N2O4. The molecule has 2 aromatic rings. The lowest BCUT2D eigenvalue weighted by Crippen LogP contribution is -2.23. The fourth-order valence-electron chi connectivity index (χ4n) is 1.83. The van der Waals surface area contributed by atoms with E-state index in [0.29, 0.717) is 23.8 Å². The van der Waals surface area contributed by atoms with Gasteiger partial charge in [-0.05, 0) is 13.0 Å². The molecule has 0 spiro atoms. The Kier molecular flexibility index (Phi) is 4.24. The molecule has 1 aromatic carbocycles. The minimum absolute atomic E-state index is 0.254. The number of benzene rings is 1. The van der Waals surface area contributed by atoms with Crippen LogP contribution in [-0.2, 0) is 6.54 Å². The molecule has 0 unspecified atom stereocenters. The monoisotopic (exact) mass is 276 g/mol. The molecule has 6 heteroatoms. The summed E-state index contributed by atoms with van der Waals surface area (Å²) in [5.41, 5.74) is 1.07. The van der Waals surface area contributed by atoms with E-state index >= 15 is 0 Å². The number of ether oxygens (including phenoxy) is 2. The first-order chi connectivity index (χ1) is 9.65. The standard InChI is InChI=1S/C14H16N2O4/c1-9-7-11(16-20-9)14(17)15-8-10-5-4-6-12(18-2)13(10)19-3/h4-7H,8H2,1-3H3,(H,15,17). The highest BCUT2D eigenvalue weighted by Gasteiger charge is 2.13. The van der Waals surface area contributed by atoms with E-state index in [0.717, 1.165) is 5.56 Å². The molecular weight excluding hydrogens is 260 g/mol. The Morgan fingerprint density at radius 2 is 2.15 bits per heavy atom. The normalized spacial score (nSPS) is 10.2. The van der Waals surface area contributed by atoms with Crippen molar-refractivity contribution in [3.05, 3.63) is 41.3 Å². The lowest BCUT2D eigenvalue weighted by Gasteiger charge is -2.12. The summed E-state index contributed by atoms with van der Waals surface area (Å²) in [6.45, 7) is 2.04. The van der Waals surface area contributed by atoms with E-state index < -0.39 is 0 Å². The van der Waals surface area contributed by atoms with Crippen LogP contribution in [0, 0.1) is 6.92 Å². The number of carbonyl (C=O) groups excluding carboxylic acids is 1. The van der Waals surface area contributed by atoms with Crippen LogP contribution in [0.4, 0.5) is 0 Å². The van der Waals surface area contributed by atoms with Crippen molar-refractivity contribution in [2.45, 2.75) is 13.5 Å². The van der Waals surface area contributed by atoms with Gasteiger partial charge in [0.25, 0.3) is 5.91 Å². The number of aromatic nitrogens is 1. The van der Waals surface area contributed by atoms with Gasteiger partial charge in [-0.25, -0.2) is 0 Å². The molecule has 1 heterocycles. The summed E-state index contributed by atoms with van der Waals surface area (Å²) in [6, 6.07) is 7.07. The number of nitrogens with zero attached hydrogens (tertiary/aromatic N) is 1. The zero-order chi connectivity index (χ0) is 14.5. The van der Waals surface area contributed by atoms with Crippen molar-refractivity contribution in [1.82, 2.24) is 10.5 Å². The minimum Gasteiger partial charge on any atom is -0.493 e. The fraction of sp³-hybridized carbons (Fsp3) is 0.286. The van der Waals surface area contributed by atoms with E-state index in [4.69, 9.17) is 14.0 Å². The Labute approximate surface area is 116 Å². The van der Waals surface area contributed by atoms with E-state index in [1.54, 1.807) is 33.3 Å². The van der Waals surface area contributed by atoms with Gasteiger partial charge in [0.15, 0.2) is 17.2 Å². The van der Waals surface area contributed by atoms with Gasteiger partial charge in [0, 0.05) is 18.2 Å². The van der Waals surface area contributed by atoms with E-state index in [1.807, 2.05) is 12.1 Å². The molecule has 20 heavy (non-hydrogen) atoms. The Bertz CT molecular complexity index is 607. The molecule has 1 N–H and O–H groups in total. The molecule has 0 aliphatic carbocycles. The SMILES string of the molecule is COc1cccc(CNC(=O)c2cc(C)on2)c1OC. The van der Waals surface area contributed by atoms with Crippen molar-refractivity contribution in [2.24, 2.45) is 0 Å². The van der Waals surface area contributed by atoms with Gasteiger partial charge in [0.2, 0.25) is 0 Å². The molecule has 106 valence electrons. The molecule has 0 fully saturated rings. The lowest BCUT2D eigenvalue weighted by molar-refractivity contribution is 0.0941. The molecule has 0 saturated carbocycles. The Hall–Kier alpha value is -2.50. The van der Waals surface area contributed by atoms with Gasteiger partial charge in [-0.1, -0.05) is 17.3 Å². The average Bonchev–Trinajstić information content (AvgIpc) is 2.90. The first kappa shape index (κ1) is 13.9. The van der Waals surface area contributed by atoms with Crippen molar-refractivity contribution in [3.8, 4) is 11.5 Å². The maximum Gasteiger partial charge on any atom is 0.273 e. The van der Waals surface area contributed by atoms with Gasteiger partial charge in [0.05, 0.1) is 14.2 Å². The number of aryl methyl sites for hydroxylation is 1. The van der Waals surface area contributed by atoms with E-state index in [2.05, 4.69) is 10.5 Å². The van der Waals surface area contributed by atoms with Crippen LogP contribution >= 0.6 is 0 Å². The molecule has 2 rings (SSSR count). The van der Waals surface area contributed by atoms with Crippen LogP contribution in [0.2, 0.25) is 0 Å². The summed E-state index contributed by atoms with van der Waals surface area (Å²) in [5.74, 6) is 1.52. The van der Waals surface area contributed by atoms with Crippen LogP contribution in [-0.4, -0.2) is 25.3 Å². The second kappa shape index (κ2) is 6.10. The van der Waals surface area contributed by atoms with E-state index in [-0.39, 0.29) is 11.6 Å². The quantitative estimate of drug-likeness (QED) is 0.903. The third kappa shape index (κ3) is 2.90. The zero-order valence-corrected chi connectivity index (χ0v) is 11.6. The van der Waals surface area contributed by atoms with Crippen molar-refractivity contribution in [1.29, 1.82) is 0 Å². The predicted octanol–water partition coefficient (Wildman–Crippen LogP) is 1.93. The molecule has 6 nitrogen and oxygen atoms in total. The van der Waals surface area contributed by atoms with Crippen molar-refractivity contribution < 1.29 is 18.8 Å². The largest absolute Gasteiger partial charge is 0.493 e. The van der Waals surface area contributed by atoms with Crippen LogP contribution < -0.4 is 14.8 Å². The van der Waals surface area contributed by atoms with E-state index in [1.165, 1.54) is 0 Å². The number of hydrogen-bond donors (Lipinski definition) is 1. The highest BCUT2D eigenvalue weighted by Crippen LogP contribution is 2.30. The zero-order valence-electron chi connectivity index (χ0n) is 11.6. The molecule has 0 aliphatic heterocycles. The second-order valence-corrected chi connectivity index (χ2v) is 4.16. The van der Waals surface area contributed by atoms with E-state index in [9.17, 15) is 4.79 Å². The van der Waals surface area contributed by atoms with Gasteiger partial charge < -0.3 is 19.3 Å². The molecule has 0 bridgehead atoms. The highest BCUT2D eigenvalue weighted by atomic mass is 16.5. The maximum atomic E-state index is 11.9. The van der Waals surface area contributed by atoms with Gasteiger partial charge in [-0.3, -0.25) is 4.79 Å². The van der Waals surface area contributed by atoms with Crippen LogP contribution in [0.1, 0.15) is 21.8 Å². The topological polar surface area (TPSA) is 73.6 Å². The Balaban J connectivity index is 2.09. The number of nitrogens with one attached hydrogen (secondary N) is 1. The summed E-state index contributed by atoms with van der Waals surface area (Å²) >= 11 is 0. The summed E-state index contributed by atoms with van der Waals surface area (Å²) in [5, 5.41) is 6.42. The molecule has 0 aliphatic rings. The first-order valence-corrected chi connectivity index (χ1v) is 6.07. The molecule has 1 aromatic heterocycles. The van der Waals surface area contributed by atoms with Crippen LogP contribution in [0.3, 0.4) is 0 Å². The summed E-state index contributed by atoms with van der Waals surface area (Å²) in [7, 11) is 3.13. The van der Waals surface area contributed by atoms with Gasteiger partial charge in [-0.15, -0.1) is 0 Å².